The molecule has 0 spiro atoms. The maximum atomic E-state index is 11.7. The van der Waals surface area contributed by atoms with E-state index < -0.39 is 25.7 Å². The molecule has 0 saturated carbocycles. The van der Waals surface area contributed by atoms with Gasteiger partial charge in [-0.25, -0.2) is 9.18 Å². The van der Waals surface area contributed by atoms with Crippen molar-refractivity contribution in [2.45, 2.75) is 12.5 Å². The highest BCUT2D eigenvalue weighted by Crippen LogP contribution is 2.04. The van der Waals surface area contributed by atoms with E-state index in [-0.39, 0.29) is 0 Å². The van der Waals surface area contributed by atoms with Crippen LogP contribution in [0.15, 0.2) is 0 Å². The predicted octanol–water partition coefficient (Wildman–Crippen LogP) is 0.836. The smallest absolute Gasteiger partial charge is 0.479 e. The monoisotopic (exact) mass is 140 g/mol. The van der Waals surface area contributed by atoms with Crippen molar-refractivity contribution in [2.75, 3.05) is 0 Å². The Morgan fingerprint density at radius 3 is 2.22 bits per heavy atom. The van der Waals surface area contributed by atoms with Crippen molar-refractivity contribution in [1.29, 1.82) is 0 Å². The van der Waals surface area contributed by atoms with Crippen molar-refractivity contribution < 1.29 is 22.9 Å². The lowest BCUT2D eigenvalue weighted by molar-refractivity contribution is -0.142. The van der Waals surface area contributed by atoms with Gasteiger partial charge in [0.1, 0.15) is 0 Å². The fraction of sp³-hybridized carbons (Fsp3) is 0.667. The maximum Gasteiger partial charge on any atom is 0.541 e. The zero-order chi connectivity index (χ0) is 7.44. The number of aliphatic carboxylic acids is 1. The Kier molecular flexibility index (Phi) is 3.12. The standard InChI is InChI=1S/C3H4BF3O2/c5-2(3(8)9)1-4(6)7/h2H,1H2,(H,8,9). The second kappa shape index (κ2) is 3.37. The van der Waals surface area contributed by atoms with Gasteiger partial charge in [-0.3, -0.25) is 8.63 Å². The minimum absolute atomic E-state index is 1.23. The molecule has 0 aliphatic carbocycles. The highest BCUT2D eigenvalue weighted by atomic mass is 19.2. The van der Waals surface area contributed by atoms with Crippen molar-refractivity contribution in [3.63, 3.8) is 0 Å². The quantitative estimate of drug-likeness (QED) is 0.589. The highest BCUT2D eigenvalue weighted by Gasteiger charge is 2.25. The summed E-state index contributed by atoms with van der Waals surface area (Å²) in [6.07, 6.45) is -3.67. The van der Waals surface area contributed by atoms with Gasteiger partial charge >= 0.3 is 13.2 Å². The Hall–Kier alpha value is -0.675. The van der Waals surface area contributed by atoms with Gasteiger partial charge in [0.25, 0.3) is 0 Å². The number of rotatable bonds is 3. The average Bonchev–Trinajstić information content (AvgIpc) is 1.63. The third-order valence-electron chi connectivity index (χ3n) is 0.653. The molecule has 0 radical (unpaired) electrons. The van der Waals surface area contributed by atoms with Gasteiger partial charge in [-0.1, -0.05) is 0 Å². The van der Waals surface area contributed by atoms with E-state index in [9.17, 15) is 17.8 Å². The van der Waals surface area contributed by atoms with Crippen molar-refractivity contribution in [3.8, 4) is 0 Å². The van der Waals surface area contributed by atoms with Crippen molar-refractivity contribution in [3.05, 3.63) is 0 Å². The van der Waals surface area contributed by atoms with Crippen LogP contribution in [0.2, 0.25) is 6.32 Å². The number of carboxylic acids is 1. The summed E-state index contributed by atoms with van der Waals surface area (Å²) in [6, 6.07) is 0. The molecule has 1 N–H and O–H groups in total. The Balaban J connectivity index is 3.50. The number of alkyl halides is 1. The summed E-state index contributed by atoms with van der Waals surface area (Å²) in [6.45, 7) is 0. The summed E-state index contributed by atoms with van der Waals surface area (Å²) in [5, 5.41) is 7.72. The van der Waals surface area contributed by atoms with Crippen LogP contribution < -0.4 is 0 Å². The lowest BCUT2D eigenvalue weighted by Crippen LogP contribution is -2.18. The van der Waals surface area contributed by atoms with E-state index in [1.807, 2.05) is 0 Å². The first-order valence-electron chi connectivity index (χ1n) is 2.19. The molecule has 0 heterocycles. The highest BCUT2D eigenvalue weighted by molar-refractivity contribution is 6.43. The van der Waals surface area contributed by atoms with Crippen LogP contribution in [0.1, 0.15) is 0 Å². The fourth-order valence-electron chi connectivity index (χ4n) is 0.257. The topological polar surface area (TPSA) is 37.3 Å². The van der Waals surface area contributed by atoms with E-state index in [1.54, 1.807) is 0 Å². The van der Waals surface area contributed by atoms with Crippen LogP contribution in [-0.2, 0) is 4.79 Å². The van der Waals surface area contributed by atoms with E-state index in [0.29, 0.717) is 0 Å². The van der Waals surface area contributed by atoms with Gasteiger partial charge < -0.3 is 5.11 Å². The lowest BCUT2D eigenvalue weighted by Gasteiger charge is -1.96. The van der Waals surface area contributed by atoms with Crippen LogP contribution in [0, 0.1) is 0 Å². The zero-order valence-electron chi connectivity index (χ0n) is 4.35. The molecule has 0 bridgehead atoms. The Bertz CT molecular complexity index is 107. The van der Waals surface area contributed by atoms with E-state index in [4.69, 9.17) is 5.11 Å². The molecule has 0 amide bonds. The summed E-state index contributed by atoms with van der Waals surface area (Å²) in [7, 11) is -2.89. The van der Waals surface area contributed by atoms with Gasteiger partial charge in [0.2, 0.25) is 0 Å². The third-order valence-corrected chi connectivity index (χ3v) is 0.653. The molecule has 1 unspecified atom stereocenters. The average molecular weight is 140 g/mol. The molecule has 0 aromatic rings. The fourth-order valence-corrected chi connectivity index (χ4v) is 0.257. The maximum absolute atomic E-state index is 11.7. The van der Waals surface area contributed by atoms with Crippen molar-refractivity contribution in [1.82, 2.24) is 0 Å². The Morgan fingerprint density at radius 2 is 2.11 bits per heavy atom. The van der Waals surface area contributed by atoms with Crippen LogP contribution in [0.5, 0.6) is 0 Å². The van der Waals surface area contributed by atoms with Crippen molar-refractivity contribution in [2.24, 2.45) is 0 Å². The number of carboxylic acid groups (broad SMARTS) is 1. The molecule has 6 heteroatoms. The van der Waals surface area contributed by atoms with Gasteiger partial charge in [0, 0.05) is 6.32 Å². The molecule has 2 nitrogen and oxygen atoms in total. The normalized spacial score (nSPS) is 12.8. The molecule has 0 aliphatic heterocycles. The molecular formula is C3H4BF3O2. The molecule has 52 valence electrons. The number of hydrogen-bond donors (Lipinski definition) is 1. The van der Waals surface area contributed by atoms with Gasteiger partial charge in [-0.2, -0.15) is 0 Å². The van der Waals surface area contributed by atoms with E-state index >= 15 is 0 Å². The van der Waals surface area contributed by atoms with Crippen LogP contribution in [-0.4, -0.2) is 24.5 Å². The number of hydrogen-bond acceptors (Lipinski definition) is 1. The second-order valence-electron chi connectivity index (χ2n) is 1.43. The Labute approximate surface area is 49.8 Å². The molecule has 0 saturated heterocycles. The Morgan fingerprint density at radius 1 is 1.67 bits per heavy atom. The minimum Gasteiger partial charge on any atom is -0.479 e. The lowest BCUT2D eigenvalue weighted by atomic mass is 9.90. The summed E-state index contributed by atoms with van der Waals surface area (Å²) in [5.41, 5.74) is 0. The first-order valence-corrected chi connectivity index (χ1v) is 2.19. The number of halogens is 3. The second-order valence-corrected chi connectivity index (χ2v) is 1.43. The largest absolute Gasteiger partial charge is 0.541 e. The van der Waals surface area contributed by atoms with E-state index in [2.05, 4.69) is 0 Å². The molecule has 0 aromatic carbocycles. The predicted molar refractivity (Wildman–Crippen MR) is 25.3 cm³/mol. The number of carbonyl (C=O) groups is 1. The van der Waals surface area contributed by atoms with Crippen LogP contribution in [0.25, 0.3) is 0 Å². The summed E-state index contributed by atoms with van der Waals surface area (Å²) in [4.78, 5) is 9.53. The van der Waals surface area contributed by atoms with Crippen LogP contribution >= 0.6 is 0 Å². The third kappa shape index (κ3) is 3.87. The van der Waals surface area contributed by atoms with Gasteiger partial charge in [0.05, 0.1) is 0 Å². The summed E-state index contributed by atoms with van der Waals surface area (Å²) >= 11 is 0. The summed E-state index contributed by atoms with van der Waals surface area (Å²) in [5.74, 6) is -1.84. The minimum atomic E-state index is -2.89. The zero-order valence-corrected chi connectivity index (χ0v) is 4.35. The van der Waals surface area contributed by atoms with Gasteiger partial charge in [-0.05, 0) is 0 Å². The van der Waals surface area contributed by atoms with Crippen LogP contribution in [0.4, 0.5) is 13.0 Å². The molecule has 9 heavy (non-hydrogen) atoms. The van der Waals surface area contributed by atoms with Gasteiger partial charge in [-0.15, -0.1) is 0 Å². The van der Waals surface area contributed by atoms with Gasteiger partial charge in [0.15, 0.2) is 6.17 Å². The molecule has 0 rings (SSSR count). The van der Waals surface area contributed by atoms with E-state index in [0.717, 1.165) is 0 Å². The molecule has 0 fully saturated rings. The molecule has 0 aliphatic rings. The SMILES string of the molecule is O=C(O)C(F)CB(F)F. The molecule has 1 atom stereocenters. The first kappa shape index (κ1) is 8.32. The van der Waals surface area contributed by atoms with Crippen LogP contribution in [0.3, 0.4) is 0 Å². The molecule has 0 aromatic heterocycles. The molecular weight excluding hydrogens is 136 g/mol. The first-order chi connectivity index (χ1) is 4.04. The summed E-state index contributed by atoms with van der Waals surface area (Å²) < 4.78 is 34.0. The van der Waals surface area contributed by atoms with Crippen molar-refractivity contribution >= 4 is 13.2 Å². The van der Waals surface area contributed by atoms with E-state index in [1.165, 1.54) is 0 Å².